The zero-order valence-electron chi connectivity index (χ0n) is 21.4. The number of rotatable bonds is 7. The highest BCUT2D eigenvalue weighted by Crippen LogP contribution is 2.29. The molecule has 1 atom stereocenters. The van der Waals surface area contributed by atoms with Gasteiger partial charge in [0, 0.05) is 48.8 Å². The smallest absolute Gasteiger partial charge is 0.269 e. The molecule has 0 saturated carbocycles. The van der Waals surface area contributed by atoms with Gasteiger partial charge in [-0.15, -0.1) is 0 Å². The number of carbonyl (C=O) groups is 3. The maximum Gasteiger partial charge on any atom is 0.269 e. The van der Waals surface area contributed by atoms with Gasteiger partial charge in [-0.1, -0.05) is 47.5 Å². The number of nitro groups is 1. The van der Waals surface area contributed by atoms with E-state index in [1.165, 1.54) is 23.1 Å². The van der Waals surface area contributed by atoms with Crippen LogP contribution in [0, 0.1) is 10.1 Å². The van der Waals surface area contributed by atoms with Crippen molar-refractivity contribution >= 4 is 52.3 Å². The van der Waals surface area contributed by atoms with Crippen molar-refractivity contribution in [3.8, 4) is 0 Å². The molecule has 1 aliphatic heterocycles. The first-order valence-electron chi connectivity index (χ1n) is 12.6. The summed E-state index contributed by atoms with van der Waals surface area (Å²) in [5, 5.41) is 14.8. The average molecular weight is 589 g/mol. The Hall–Kier alpha value is -4.60. The quantitative estimate of drug-likeness (QED) is 0.211. The van der Waals surface area contributed by atoms with Gasteiger partial charge in [-0.25, -0.2) is 4.98 Å². The summed E-state index contributed by atoms with van der Waals surface area (Å²) in [5.74, 6) is -0.624. The van der Waals surface area contributed by atoms with Crippen LogP contribution in [0.25, 0.3) is 0 Å². The third-order valence-corrected chi connectivity index (χ3v) is 7.53. The van der Waals surface area contributed by atoms with Crippen molar-refractivity contribution < 1.29 is 19.3 Å². The highest BCUT2D eigenvalue weighted by Gasteiger charge is 2.36. The first-order chi connectivity index (χ1) is 19.7. The lowest BCUT2D eigenvalue weighted by Gasteiger charge is -2.30. The van der Waals surface area contributed by atoms with E-state index in [0.717, 1.165) is 0 Å². The summed E-state index contributed by atoms with van der Waals surface area (Å²) in [5.41, 5.74) is 2.12. The summed E-state index contributed by atoms with van der Waals surface area (Å²) in [4.78, 5) is 56.4. The number of anilines is 1. The lowest BCUT2D eigenvalue weighted by Crippen LogP contribution is -2.44. The second-order valence-corrected chi connectivity index (χ2v) is 10.3. The lowest BCUT2D eigenvalue weighted by atomic mass is 9.97. The highest BCUT2D eigenvalue weighted by molar-refractivity contribution is 6.42. The molecule has 11 heteroatoms. The molecule has 4 aromatic rings. The van der Waals surface area contributed by atoms with Gasteiger partial charge < -0.3 is 10.2 Å². The van der Waals surface area contributed by atoms with Crippen LogP contribution in [-0.2, 0) is 24.2 Å². The number of hydrogen-bond donors (Lipinski definition) is 1. The molecule has 5 rings (SSSR count). The Labute approximate surface area is 244 Å². The van der Waals surface area contributed by atoms with Gasteiger partial charge in [-0.3, -0.25) is 24.5 Å². The number of nitrogens with one attached hydrogen (secondary N) is 1. The van der Waals surface area contributed by atoms with Crippen LogP contribution in [0.5, 0.6) is 0 Å². The van der Waals surface area contributed by atoms with E-state index >= 15 is 0 Å². The molecule has 2 heterocycles. The number of aromatic nitrogens is 1. The predicted molar refractivity (Wildman–Crippen MR) is 154 cm³/mol. The average Bonchev–Trinajstić information content (AvgIpc) is 3.05. The van der Waals surface area contributed by atoms with Gasteiger partial charge >= 0.3 is 0 Å². The van der Waals surface area contributed by atoms with Gasteiger partial charge in [-0.2, -0.15) is 0 Å². The van der Waals surface area contributed by atoms with Crippen LogP contribution in [0.15, 0.2) is 85.1 Å². The Balaban J connectivity index is 1.45. The van der Waals surface area contributed by atoms with Crippen molar-refractivity contribution in [3.63, 3.8) is 0 Å². The minimum atomic E-state index is -0.877. The van der Waals surface area contributed by atoms with Gasteiger partial charge in [-0.05, 0) is 59.2 Å². The fraction of sp³-hybridized carbons (Fsp3) is 0.133. The van der Waals surface area contributed by atoms with E-state index in [4.69, 9.17) is 23.2 Å². The molecular weight excluding hydrogens is 567 g/mol. The Morgan fingerprint density at radius 1 is 0.976 bits per heavy atom. The van der Waals surface area contributed by atoms with Crippen molar-refractivity contribution in [1.29, 1.82) is 0 Å². The third kappa shape index (κ3) is 6.26. The van der Waals surface area contributed by atoms with Crippen molar-refractivity contribution in [1.82, 2.24) is 9.88 Å². The Morgan fingerprint density at radius 3 is 2.41 bits per heavy atom. The van der Waals surface area contributed by atoms with Gasteiger partial charge in [0.1, 0.15) is 5.82 Å². The summed E-state index contributed by atoms with van der Waals surface area (Å²) in [6, 6.07) is 19.9. The number of amides is 2. The standard InChI is InChI=1S/C30H22Cl2N4O5/c31-24-11-6-19(13-25(24)32)14-26-27(37)16-21-15-22(36(40)41)9-10-23(21)30(39)35(26)17-18-4-7-20(8-5-18)29(38)34-28-3-1-2-12-33-28/h1-13,15,26H,14,16-17H2,(H,33,34,38)/t26-/m1/s1. The molecule has 0 spiro atoms. The van der Waals surface area contributed by atoms with Crippen LogP contribution in [0.3, 0.4) is 0 Å². The number of hydrogen-bond acceptors (Lipinski definition) is 6. The first-order valence-corrected chi connectivity index (χ1v) is 13.3. The minimum absolute atomic E-state index is 0.0646. The molecule has 41 heavy (non-hydrogen) atoms. The molecule has 0 aliphatic carbocycles. The van der Waals surface area contributed by atoms with Crippen LogP contribution in [0.1, 0.15) is 37.4 Å². The molecule has 9 nitrogen and oxygen atoms in total. The van der Waals surface area contributed by atoms with E-state index < -0.39 is 16.9 Å². The van der Waals surface area contributed by atoms with Gasteiger partial charge in [0.15, 0.2) is 5.78 Å². The third-order valence-electron chi connectivity index (χ3n) is 6.79. The second kappa shape index (κ2) is 11.9. The Morgan fingerprint density at radius 2 is 1.73 bits per heavy atom. The van der Waals surface area contributed by atoms with Crippen LogP contribution < -0.4 is 5.32 Å². The van der Waals surface area contributed by atoms with Gasteiger partial charge in [0.05, 0.1) is 21.0 Å². The minimum Gasteiger partial charge on any atom is -0.324 e. The molecule has 0 radical (unpaired) electrons. The molecule has 0 fully saturated rings. The molecule has 0 saturated heterocycles. The maximum atomic E-state index is 13.9. The number of nitro benzene ring substituents is 1. The fourth-order valence-electron chi connectivity index (χ4n) is 4.70. The van der Waals surface area contributed by atoms with E-state index in [0.29, 0.717) is 38.1 Å². The van der Waals surface area contributed by atoms with E-state index in [-0.39, 0.29) is 42.3 Å². The summed E-state index contributed by atoms with van der Waals surface area (Å²) in [7, 11) is 0. The van der Waals surface area contributed by atoms with Crippen molar-refractivity contribution in [3.05, 3.63) is 133 Å². The highest BCUT2D eigenvalue weighted by atomic mass is 35.5. The maximum absolute atomic E-state index is 13.9. The molecule has 2 amide bonds. The van der Waals surface area contributed by atoms with Crippen LogP contribution in [0.4, 0.5) is 11.5 Å². The number of pyridine rings is 1. The fourth-order valence-corrected chi connectivity index (χ4v) is 5.02. The number of halogens is 2. The summed E-state index contributed by atoms with van der Waals surface area (Å²) in [6.07, 6.45) is 1.60. The SMILES string of the molecule is O=C(Nc1ccccn1)c1ccc(CN2C(=O)c3ccc([N+](=O)[O-])cc3CC(=O)[C@H]2Cc2ccc(Cl)c(Cl)c2)cc1. The number of benzene rings is 3. The molecular formula is C30H22Cl2N4O5. The number of nitrogens with zero attached hydrogens (tertiary/aromatic N) is 3. The van der Waals surface area contributed by atoms with E-state index in [1.54, 1.807) is 66.9 Å². The van der Waals surface area contributed by atoms with Crippen LogP contribution >= 0.6 is 23.2 Å². The Bertz CT molecular complexity index is 1660. The summed E-state index contributed by atoms with van der Waals surface area (Å²) >= 11 is 12.3. The predicted octanol–water partition coefficient (Wildman–Crippen LogP) is 5.93. The normalized spacial score (nSPS) is 14.8. The summed E-state index contributed by atoms with van der Waals surface area (Å²) in [6.45, 7) is 0.0646. The number of carbonyl (C=O) groups excluding carboxylic acids is 3. The van der Waals surface area contributed by atoms with E-state index in [9.17, 15) is 24.5 Å². The first kappa shape index (κ1) is 27.9. The van der Waals surface area contributed by atoms with Crippen molar-refractivity contribution in [2.24, 2.45) is 0 Å². The lowest BCUT2D eigenvalue weighted by molar-refractivity contribution is -0.384. The molecule has 3 aromatic carbocycles. The van der Waals surface area contributed by atoms with Crippen LogP contribution in [-0.4, -0.2) is 38.4 Å². The monoisotopic (exact) mass is 588 g/mol. The van der Waals surface area contributed by atoms with E-state index in [1.807, 2.05) is 0 Å². The van der Waals surface area contributed by atoms with E-state index in [2.05, 4.69) is 10.3 Å². The molecule has 1 aliphatic rings. The number of Topliss-reactive ketones (excluding diaryl/α,β-unsaturated/α-hetero) is 1. The molecule has 0 bridgehead atoms. The van der Waals surface area contributed by atoms with Crippen molar-refractivity contribution in [2.75, 3.05) is 5.32 Å². The molecule has 1 aromatic heterocycles. The molecule has 0 unspecified atom stereocenters. The summed E-state index contributed by atoms with van der Waals surface area (Å²) < 4.78 is 0. The molecule has 1 N–H and O–H groups in total. The zero-order chi connectivity index (χ0) is 29.1. The second-order valence-electron chi connectivity index (χ2n) is 9.51. The number of non-ortho nitro benzene ring substituents is 1. The topological polar surface area (TPSA) is 123 Å². The Kier molecular flexibility index (Phi) is 8.09. The zero-order valence-corrected chi connectivity index (χ0v) is 22.9. The van der Waals surface area contributed by atoms with Crippen LogP contribution in [0.2, 0.25) is 10.0 Å². The number of fused-ring (bicyclic) bond motifs is 1. The molecule has 206 valence electrons. The largest absolute Gasteiger partial charge is 0.324 e. The number of ketones is 1. The van der Waals surface area contributed by atoms with Crippen molar-refractivity contribution in [2.45, 2.75) is 25.4 Å². The van der Waals surface area contributed by atoms with Gasteiger partial charge in [0.25, 0.3) is 17.5 Å². The van der Waals surface area contributed by atoms with Gasteiger partial charge in [0.2, 0.25) is 0 Å².